The molecule has 0 atom stereocenters. The number of aryl methyl sites for hydroxylation is 2. The maximum absolute atomic E-state index is 13.4. The number of esters is 1. The highest BCUT2D eigenvalue weighted by Gasteiger charge is 2.11. The lowest BCUT2D eigenvalue weighted by Gasteiger charge is -2.08. The van der Waals surface area contributed by atoms with Crippen LogP contribution in [-0.4, -0.2) is 24.2 Å². The average Bonchev–Trinajstić information content (AvgIpc) is 2.52. The van der Waals surface area contributed by atoms with Gasteiger partial charge < -0.3 is 10.1 Å². The van der Waals surface area contributed by atoms with Gasteiger partial charge in [-0.05, 0) is 55.3 Å². The van der Waals surface area contributed by atoms with Crippen molar-refractivity contribution in [2.24, 2.45) is 0 Å². The summed E-state index contributed by atoms with van der Waals surface area (Å²) >= 11 is 0.808. The third-order valence-corrected chi connectivity index (χ3v) is 4.11. The highest BCUT2D eigenvalue weighted by Crippen LogP contribution is 2.22. The Morgan fingerprint density at radius 1 is 1.08 bits per heavy atom. The molecule has 0 fully saturated rings. The standard InChI is InChI=1S/C18H17F2NO3S/c1-11-5-12(2)7-14(6-11)21-17(22)9-24-18(23)10-25-16-8-13(19)3-4-15(16)20/h3-8H,9-10H2,1-2H3,(H,21,22). The summed E-state index contributed by atoms with van der Waals surface area (Å²) in [5, 5.41) is 2.64. The van der Waals surface area contributed by atoms with Crippen molar-refractivity contribution in [1.29, 1.82) is 0 Å². The van der Waals surface area contributed by atoms with Gasteiger partial charge in [-0.2, -0.15) is 0 Å². The van der Waals surface area contributed by atoms with Crippen LogP contribution in [0, 0.1) is 25.5 Å². The minimum Gasteiger partial charge on any atom is -0.455 e. The zero-order chi connectivity index (χ0) is 18.4. The van der Waals surface area contributed by atoms with E-state index >= 15 is 0 Å². The fourth-order valence-electron chi connectivity index (χ4n) is 2.16. The van der Waals surface area contributed by atoms with Gasteiger partial charge in [-0.3, -0.25) is 9.59 Å². The summed E-state index contributed by atoms with van der Waals surface area (Å²) in [6.07, 6.45) is 0. The van der Waals surface area contributed by atoms with E-state index in [9.17, 15) is 18.4 Å². The lowest BCUT2D eigenvalue weighted by Crippen LogP contribution is -2.21. The summed E-state index contributed by atoms with van der Waals surface area (Å²) in [7, 11) is 0. The molecule has 7 heteroatoms. The number of nitrogens with one attached hydrogen (secondary N) is 1. The minimum absolute atomic E-state index is 0.0108. The number of anilines is 1. The molecule has 0 radical (unpaired) electrons. The van der Waals surface area contributed by atoms with Crippen LogP contribution in [0.4, 0.5) is 14.5 Å². The summed E-state index contributed by atoms with van der Waals surface area (Å²) in [6, 6.07) is 8.55. The smallest absolute Gasteiger partial charge is 0.316 e. The fraction of sp³-hybridized carbons (Fsp3) is 0.222. The second kappa shape index (κ2) is 8.62. The summed E-state index contributed by atoms with van der Waals surface area (Å²) < 4.78 is 31.3. The third-order valence-electron chi connectivity index (χ3n) is 3.11. The molecule has 0 aliphatic carbocycles. The molecule has 132 valence electrons. The van der Waals surface area contributed by atoms with Crippen LogP contribution in [-0.2, 0) is 14.3 Å². The van der Waals surface area contributed by atoms with Crippen LogP contribution < -0.4 is 5.32 Å². The first-order chi connectivity index (χ1) is 11.8. The van der Waals surface area contributed by atoms with E-state index in [1.165, 1.54) is 0 Å². The van der Waals surface area contributed by atoms with Crippen LogP contribution in [0.2, 0.25) is 0 Å². The van der Waals surface area contributed by atoms with Crippen molar-refractivity contribution in [2.75, 3.05) is 17.7 Å². The Bertz CT molecular complexity index is 776. The van der Waals surface area contributed by atoms with Crippen LogP contribution in [0.1, 0.15) is 11.1 Å². The van der Waals surface area contributed by atoms with Gasteiger partial charge in [0.25, 0.3) is 5.91 Å². The van der Waals surface area contributed by atoms with Gasteiger partial charge in [-0.25, -0.2) is 8.78 Å². The van der Waals surface area contributed by atoms with Gasteiger partial charge in [0.1, 0.15) is 11.6 Å². The van der Waals surface area contributed by atoms with Crippen LogP contribution in [0.5, 0.6) is 0 Å². The van der Waals surface area contributed by atoms with E-state index in [2.05, 4.69) is 5.32 Å². The maximum atomic E-state index is 13.4. The molecule has 0 aromatic heterocycles. The number of ether oxygens (including phenoxy) is 1. The quantitative estimate of drug-likeness (QED) is 0.624. The summed E-state index contributed by atoms with van der Waals surface area (Å²) in [4.78, 5) is 23.5. The molecule has 0 bridgehead atoms. The van der Waals surface area contributed by atoms with E-state index in [1.54, 1.807) is 12.1 Å². The number of amides is 1. The van der Waals surface area contributed by atoms with Gasteiger partial charge in [0.05, 0.1) is 5.75 Å². The minimum atomic E-state index is -0.691. The topological polar surface area (TPSA) is 55.4 Å². The summed E-state index contributed by atoms with van der Waals surface area (Å²) in [6.45, 7) is 3.37. The van der Waals surface area contributed by atoms with E-state index in [0.717, 1.165) is 41.1 Å². The molecular formula is C18H17F2NO3S. The Labute approximate surface area is 148 Å². The monoisotopic (exact) mass is 365 g/mol. The second-order valence-corrected chi connectivity index (χ2v) is 6.47. The van der Waals surface area contributed by atoms with Crippen molar-refractivity contribution in [3.63, 3.8) is 0 Å². The van der Waals surface area contributed by atoms with Crippen molar-refractivity contribution < 1.29 is 23.1 Å². The average molecular weight is 365 g/mol. The first-order valence-corrected chi connectivity index (χ1v) is 8.43. The Kier molecular flexibility index (Phi) is 6.52. The number of hydrogen-bond acceptors (Lipinski definition) is 4. The number of rotatable bonds is 6. The van der Waals surface area contributed by atoms with Gasteiger partial charge in [-0.1, -0.05) is 6.07 Å². The summed E-state index contributed by atoms with van der Waals surface area (Å²) in [5.74, 6) is -2.60. The second-order valence-electron chi connectivity index (χ2n) is 5.45. The number of halogens is 2. The highest BCUT2D eigenvalue weighted by atomic mass is 32.2. The molecular weight excluding hydrogens is 348 g/mol. The predicted molar refractivity (Wildman–Crippen MR) is 92.6 cm³/mol. The SMILES string of the molecule is Cc1cc(C)cc(NC(=O)COC(=O)CSc2cc(F)ccc2F)c1. The van der Waals surface area contributed by atoms with Crippen molar-refractivity contribution in [3.8, 4) is 0 Å². The number of benzene rings is 2. The van der Waals surface area contributed by atoms with Crippen LogP contribution >= 0.6 is 11.8 Å². The molecule has 0 unspecified atom stereocenters. The first-order valence-electron chi connectivity index (χ1n) is 7.45. The number of carbonyl (C=O) groups excluding carboxylic acids is 2. The molecule has 25 heavy (non-hydrogen) atoms. The number of hydrogen-bond donors (Lipinski definition) is 1. The van der Waals surface area contributed by atoms with Crippen molar-refractivity contribution >= 4 is 29.3 Å². The number of thioether (sulfide) groups is 1. The molecule has 2 rings (SSSR count). The lowest BCUT2D eigenvalue weighted by atomic mass is 10.1. The van der Waals surface area contributed by atoms with Crippen LogP contribution in [0.15, 0.2) is 41.3 Å². The Morgan fingerprint density at radius 3 is 2.44 bits per heavy atom. The fourth-order valence-corrected chi connectivity index (χ4v) is 2.91. The molecule has 1 N–H and O–H groups in total. The molecule has 0 aliphatic heterocycles. The lowest BCUT2D eigenvalue weighted by molar-refractivity contribution is -0.144. The van der Waals surface area contributed by atoms with E-state index in [4.69, 9.17) is 4.74 Å². The molecule has 1 amide bonds. The Balaban J connectivity index is 1.79. The van der Waals surface area contributed by atoms with Gasteiger partial charge in [0.15, 0.2) is 6.61 Å². The van der Waals surface area contributed by atoms with E-state index in [-0.39, 0.29) is 10.6 Å². The highest BCUT2D eigenvalue weighted by molar-refractivity contribution is 8.00. The first kappa shape index (κ1) is 18.9. The molecule has 4 nitrogen and oxygen atoms in total. The third kappa shape index (κ3) is 6.19. The van der Waals surface area contributed by atoms with E-state index in [1.807, 2.05) is 19.9 Å². The Morgan fingerprint density at radius 2 is 1.76 bits per heavy atom. The zero-order valence-electron chi connectivity index (χ0n) is 13.8. The van der Waals surface area contributed by atoms with Gasteiger partial charge in [0, 0.05) is 10.6 Å². The van der Waals surface area contributed by atoms with Crippen molar-refractivity contribution in [2.45, 2.75) is 18.7 Å². The number of carbonyl (C=O) groups is 2. The van der Waals surface area contributed by atoms with Crippen molar-refractivity contribution in [1.82, 2.24) is 0 Å². The molecule has 2 aromatic rings. The van der Waals surface area contributed by atoms with Crippen LogP contribution in [0.25, 0.3) is 0 Å². The normalized spacial score (nSPS) is 10.4. The molecule has 2 aromatic carbocycles. The van der Waals surface area contributed by atoms with Gasteiger partial charge in [-0.15, -0.1) is 11.8 Å². The predicted octanol–water partition coefficient (Wildman–Crippen LogP) is 3.86. The molecule has 0 aliphatic rings. The van der Waals surface area contributed by atoms with Crippen molar-refractivity contribution in [3.05, 3.63) is 59.2 Å². The largest absolute Gasteiger partial charge is 0.455 e. The van der Waals surface area contributed by atoms with E-state index in [0.29, 0.717) is 5.69 Å². The molecule has 0 saturated carbocycles. The Hall–Kier alpha value is -2.41. The van der Waals surface area contributed by atoms with Gasteiger partial charge in [0.2, 0.25) is 0 Å². The molecule has 0 spiro atoms. The van der Waals surface area contributed by atoms with Crippen LogP contribution in [0.3, 0.4) is 0 Å². The maximum Gasteiger partial charge on any atom is 0.316 e. The molecule has 0 saturated heterocycles. The zero-order valence-corrected chi connectivity index (χ0v) is 14.6. The van der Waals surface area contributed by atoms with E-state index < -0.39 is 30.1 Å². The summed E-state index contributed by atoms with van der Waals surface area (Å²) in [5.41, 5.74) is 2.62. The van der Waals surface area contributed by atoms with Gasteiger partial charge >= 0.3 is 5.97 Å². The molecule has 0 heterocycles.